The molecule has 1 aliphatic carbocycles. The van der Waals surface area contributed by atoms with E-state index in [9.17, 15) is 14.9 Å². The maximum absolute atomic E-state index is 13.1. The van der Waals surface area contributed by atoms with E-state index >= 15 is 0 Å². The number of imidazole rings is 1. The summed E-state index contributed by atoms with van der Waals surface area (Å²) in [6, 6.07) is 15.8. The number of nitrogens with zero attached hydrogens (tertiary/aromatic N) is 5. The number of aryl methyl sites for hydroxylation is 2. The number of benzene rings is 1. The fraction of sp³-hybridized carbons (Fsp3) is 0.250. The lowest BCUT2D eigenvalue weighted by Gasteiger charge is -2.16. The van der Waals surface area contributed by atoms with Crippen LogP contribution in [0.4, 0.5) is 0 Å². The number of carbonyl (C=O) groups is 1. The lowest BCUT2D eigenvalue weighted by molar-refractivity contribution is -0.118. The molecule has 3 heterocycles. The van der Waals surface area contributed by atoms with Crippen LogP contribution in [0.2, 0.25) is 0 Å². The van der Waals surface area contributed by atoms with Crippen LogP contribution in [0.3, 0.4) is 0 Å². The lowest BCUT2D eigenvalue weighted by Crippen LogP contribution is -2.21. The second-order valence-electron chi connectivity index (χ2n) is 9.50. The van der Waals surface area contributed by atoms with E-state index in [4.69, 9.17) is 0 Å². The van der Waals surface area contributed by atoms with Gasteiger partial charge in [0.05, 0.1) is 34.3 Å². The SMILES string of the molecule is Cn1cc(-c2cc(-c3cnc4c(c3)CCC(=O)C4)ccn2)n(-c2ccc(C(C)(C)C#N)cc2)c1=O. The quantitative estimate of drug-likeness (QED) is 0.453. The van der Waals surface area contributed by atoms with E-state index < -0.39 is 5.41 Å². The molecule has 7 heteroatoms. The first kappa shape index (κ1) is 22.5. The number of aromatic nitrogens is 4. The minimum atomic E-state index is -0.616. The summed E-state index contributed by atoms with van der Waals surface area (Å²) in [4.78, 5) is 33.9. The normalized spacial score (nSPS) is 13.4. The Balaban J connectivity index is 1.56. The molecule has 3 aromatic heterocycles. The van der Waals surface area contributed by atoms with Gasteiger partial charge in [-0.15, -0.1) is 0 Å². The van der Waals surface area contributed by atoms with E-state index in [0.29, 0.717) is 36.3 Å². The molecule has 0 unspecified atom stereocenters. The smallest absolute Gasteiger partial charge is 0.301 e. The molecule has 1 aliphatic rings. The Morgan fingerprint density at radius 2 is 1.77 bits per heavy atom. The fourth-order valence-electron chi connectivity index (χ4n) is 4.45. The third-order valence-electron chi connectivity index (χ3n) is 6.63. The highest BCUT2D eigenvalue weighted by Gasteiger charge is 2.21. The summed E-state index contributed by atoms with van der Waals surface area (Å²) in [6.45, 7) is 3.73. The van der Waals surface area contributed by atoms with Crippen LogP contribution in [0.15, 0.2) is 65.8 Å². The number of nitriles is 1. The van der Waals surface area contributed by atoms with Gasteiger partial charge in [-0.05, 0) is 67.3 Å². The minimum Gasteiger partial charge on any atom is -0.301 e. The van der Waals surface area contributed by atoms with Gasteiger partial charge in [0.1, 0.15) is 5.78 Å². The van der Waals surface area contributed by atoms with Gasteiger partial charge < -0.3 is 4.57 Å². The highest BCUT2D eigenvalue weighted by molar-refractivity contribution is 5.83. The average Bonchev–Trinajstić information content (AvgIpc) is 3.18. The summed E-state index contributed by atoms with van der Waals surface area (Å²) in [5.74, 6) is 0.232. The van der Waals surface area contributed by atoms with Gasteiger partial charge >= 0.3 is 5.69 Å². The summed E-state index contributed by atoms with van der Waals surface area (Å²) in [5, 5.41) is 9.43. The molecular formula is C28H25N5O2. The van der Waals surface area contributed by atoms with E-state index in [0.717, 1.165) is 27.9 Å². The molecule has 174 valence electrons. The zero-order chi connectivity index (χ0) is 24.7. The second-order valence-corrected chi connectivity index (χ2v) is 9.50. The molecule has 0 saturated heterocycles. The van der Waals surface area contributed by atoms with Gasteiger partial charge in [0.2, 0.25) is 0 Å². The van der Waals surface area contributed by atoms with Crippen LogP contribution >= 0.6 is 0 Å². The molecule has 7 nitrogen and oxygen atoms in total. The van der Waals surface area contributed by atoms with Crippen molar-refractivity contribution in [2.45, 2.75) is 38.5 Å². The lowest BCUT2D eigenvalue weighted by atomic mass is 9.86. The molecule has 0 amide bonds. The minimum absolute atomic E-state index is 0.181. The fourth-order valence-corrected chi connectivity index (χ4v) is 4.45. The summed E-state index contributed by atoms with van der Waals surface area (Å²) in [7, 11) is 1.72. The molecule has 0 N–H and O–H groups in total. The van der Waals surface area contributed by atoms with Crippen molar-refractivity contribution in [3.05, 3.63) is 88.4 Å². The highest BCUT2D eigenvalue weighted by Crippen LogP contribution is 2.29. The summed E-state index contributed by atoms with van der Waals surface area (Å²) in [6.07, 6.45) is 6.97. The number of carbonyl (C=O) groups excluding carboxylic acids is 1. The van der Waals surface area contributed by atoms with Crippen molar-refractivity contribution in [3.8, 4) is 34.3 Å². The number of ketones is 1. The van der Waals surface area contributed by atoms with Gasteiger partial charge in [-0.25, -0.2) is 4.79 Å². The standard InChI is InChI=1S/C28H25N5O2/c1-28(2,17-29)21-5-7-22(8-6-21)33-26(16-32(3)27(33)35)25-13-18(10-11-30-25)20-12-19-4-9-23(34)14-24(19)31-15-20/h5-8,10-13,15-16H,4,9,14H2,1-3H3. The molecule has 0 bridgehead atoms. The van der Waals surface area contributed by atoms with Crippen molar-refractivity contribution in [1.29, 1.82) is 5.26 Å². The third kappa shape index (κ3) is 4.08. The largest absolute Gasteiger partial charge is 0.333 e. The first-order valence-corrected chi connectivity index (χ1v) is 11.5. The van der Waals surface area contributed by atoms with Crippen LogP contribution in [0.5, 0.6) is 0 Å². The molecule has 0 fully saturated rings. The number of hydrogen-bond acceptors (Lipinski definition) is 5. The molecular weight excluding hydrogens is 438 g/mol. The predicted octanol–water partition coefficient (Wildman–Crippen LogP) is 4.16. The number of fused-ring (bicyclic) bond motifs is 1. The van der Waals surface area contributed by atoms with E-state index in [-0.39, 0.29) is 11.5 Å². The van der Waals surface area contributed by atoms with Crippen LogP contribution in [-0.4, -0.2) is 24.9 Å². The average molecular weight is 464 g/mol. The Morgan fingerprint density at radius 1 is 1.00 bits per heavy atom. The summed E-state index contributed by atoms with van der Waals surface area (Å²) in [5.41, 5.74) is 5.99. The zero-order valence-corrected chi connectivity index (χ0v) is 19.9. The summed E-state index contributed by atoms with van der Waals surface area (Å²) >= 11 is 0. The van der Waals surface area contributed by atoms with Gasteiger partial charge in [-0.3, -0.25) is 19.3 Å². The Bertz CT molecular complexity index is 1550. The number of hydrogen-bond donors (Lipinski definition) is 0. The molecule has 0 saturated carbocycles. The molecule has 0 spiro atoms. The van der Waals surface area contributed by atoms with Gasteiger partial charge in [0.25, 0.3) is 0 Å². The van der Waals surface area contributed by atoms with Crippen molar-refractivity contribution in [2.24, 2.45) is 7.05 Å². The molecule has 4 aromatic rings. The molecule has 35 heavy (non-hydrogen) atoms. The third-order valence-corrected chi connectivity index (χ3v) is 6.63. The molecule has 0 aliphatic heterocycles. The highest BCUT2D eigenvalue weighted by atomic mass is 16.1. The molecule has 0 radical (unpaired) electrons. The Labute approximate surface area is 203 Å². The number of rotatable bonds is 4. The van der Waals surface area contributed by atoms with Gasteiger partial charge in [-0.1, -0.05) is 12.1 Å². The maximum atomic E-state index is 13.1. The molecule has 1 aromatic carbocycles. The van der Waals surface area contributed by atoms with Crippen LogP contribution in [0, 0.1) is 11.3 Å². The second kappa shape index (κ2) is 8.48. The Kier molecular flexibility index (Phi) is 5.45. The maximum Gasteiger partial charge on any atom is 0.333 e. The van der Waals surface area contributed by atoms with Gasteiger partial charge in [0, 0.05) is 44.0 Å². The molecule has 5 rings (SSSR count). The van der Waals surface area contributed by atoms with E-state index in [1.165, 1.54) is 4.57 Å². The summed E-state index contributed by atoms with van der Waals surface area (Å²) < 4.78 is 3.17. The van der Waals surface area contributed by atoms with E-state index in [2.05, 4.69) is 22.1 Å². The Morgan fingerprint density at radius 3 is 2.51 bits per heavy atom. The van der Waals surface area contributed by atoms with Crippen molar-refractivity contribution < 1.29 is 4.79 Å². The van der Waals surface area contributed by atoms with Crippen LogP contribution in [0.25, 0.3) is 28.2 Å². The monoisotopic (exact) mass is 463 g/mol. The zero-order valence-electron chi connectivity index (χ0n) is 19.9. The number of pyridine rings is 2. The van der Waals surface area contributed by atoms with E-state index in [1.54, 1.807) is 30.2 Å². The van der Waals surface area contributed by atoms with E-state index in [1.807, 2.05) is 50.2 Å². The van der Waals surface area contributed by atoms with Crippen LogP contribution in [0.1, 0.15) is 37.1 Å². The first-order chi connectivity index (χ1) is 16.8. The Hall–Kier alpha value is -4.31. The van der Waals surface area contributed by atoms with Gasteiger partial charge in [0.15, 0.2) is 0 Å². The molecule has 0 atom stereocenters. The van der Waals surface area contributed by atoms with Crippen molar-refractivity contribution in [1.82, 2.24) is 19.1 Å². The topological polar surface area (TPSA) is 93.6 Å². The van der Waals surface area contributed by atoms with Gasteiger partial charge in [-0.2, -0.15) is 5.26 Å². The van der Waals surface area contributed by atoms with Crippen molar-refractivity contribution in [2.75, 3.05) is 0 Å². The van der Waals surface area contributed by atoms with Crippen LogP contribution < -0.4 is 5.69 Å². The predicted molar refractivity (Wildman–Crippen MR) is 133 cm³/mol. The first-order valence-electron chi connectivity index (χ1n) is 11.5. The van der Waals surface area contributed by atoms with Crippen molar-refractivity contribution in [3.63, 3.8) is 0 Å². The van der Waals surface area contributed by atoms with Crippen molar-refractivity contribution >= 4 is 5.78 Å². The van der Waals surface area contributed by atoms with Crippen LogP contribution in [-0.2, 0) is 30.1 Å². The number of Topliss-reactive ketones (excluding diaryl/α,β-unsaturated/α-hetero) is 1.